The number of carboxylic acids is 1. The average molecular weight is 285 g/mol. The molecule has 0 aromatic carbocycles. The van der Waals surface area contributed by atoms with E-state index in [1.54, 1.807) is 0 Å². The Balaban J connectivity index is 2.58. The predicted molar refractivity (Wildman–Crippen MR) is 77.7 cm³/mol. The van der Waals surface area contributed by atoms with Crippen LogP contribution in [0, 0.1) is 11.3 Å². The van der Waals surface area contributed by atoms with Crippen molar-refractivity contribution in [1.29, 1.82) is 0 Å². The molecule has 1 heterocycles. The molecule has 1 aromatic rings. The van der Waals surface area contributed by atoms with Crippen molar-refractivity contribution in [2.45, 2.75) is 47.0 Å². The lowest BCUT2D eigenvalue weighted by Crippen LogP contribution is -2.27. The Morgan fingerprint density at radius 3 is 2.47 bits per heavy atom. The van der Waals surface area contributed by atoms with Gasteiger partial charge in [0.2, 0.25) is 5.13 Å². The fourth-order valence-corrected chi connectivity index (χ4v) is 2.45. The summed E-state index contributed by atoms with van der Waals surface area (Å²) >= 11 is 1.28. The number of hydrogen-bond acceptors (Lipinski definition) is 5. The van der Waals surface area contributed by atoms with Crippen LogP contribution < -0.4 is 5.32 Å². The van der Waals surface area contributed by atoms with E-state index in [4.69, 9.17) is 0 Å². The van der Waals surface area contributed by atoms with E-state index >= 15 is 0 Å². The first kappa shape index (κ1) is 15.9. The van der Waals surface area contributed by atoms with Crippen molar-refractivity contribution in [2.24, 2.45) is 11.3 Å². The third-order valence-corrected chi connectivity index (χ3v) is 3.35. The minimum Gasteiger partial charge on any atom is -0.481 e. The van der Waals surface area contributed by atoms with Crippen LogP contribution in [0.1, 0.15) is 52.8 Å². The molecule has 6 heteroatoms. The molecule has 0 aliphatic carbocycles. The largest absolute Gasteiger partial charge is 0.481 e. The quantitative estimate of drug-likeness (QED) is 0.839. The van der Waals surface area contributed by atoms with Gasteiger partial charge in [-0.3, -0.25) is 4.79 Å². The van der Waals surface area contributed by atoms with Gasteiger partial charge in [0, 0.05) is 24.0 Å². The van der Waals surface area contributed by atoms with Gasteiger partial charge < -0.3 is 10.4 Å². The van der Waals surface area contributed by atoms with Crippen molar-refractivity contribution in [2.75, 3.05) is 11.9 Å². The summed E-state index contributed by atoms with van der Waals surface area (Å²) < 4.78 is 4.23. The molecule has 1 atom stereocenters. The highest BCUT2D eigenvalue weighted by Gasteiger charge is 2.24. The maximum Gasteiger partial charge on any atom is 0.308 e. The minimum absolute atomic E-state index is 0.00500. The van der Waals surface area contributed by atoms with E-state index in [0.717, 1.165) is 5.82 Å². The molecule has 1 aromatic heterocycles. The molecule has 0 bridgehead atoms. The predicted octanol–water partition coefficient (Wildman–Crippen LogP) is 3.21. The number of carboxylic acid groups (broad SMARTS) is 1. The molecule has 0 fully saturated rings. The maximum atomic E-state index is 11.2. The molecule has 1 unspecified atom stereocenters. The van der Waals surface area contributed by atoms with Gasteiger partial charge in [-0.1, -0.05) is 34.6 Å². The highest BCUT2D eigenvalue weighted by molar-refractivity contribution is 7.09. The molecule has 0 amide bonds. The Bertz CT molecular complexity index is 424. The number of aromatic nitrogens is 2. The van der Waals surface area contributed by atoms with Crippen molar-refractivity contribution in [3.05, 3.63) is 5.82 Å². The fourth-order valence-electron chi connectivity index (χ4n) is 1.74. The summed E-state index contributed by atoms with van der Waals surface area (Å²) in [5, 5.41) is 13.0. The molecule has 0 spiro atoms. The van der Waals surface area contributed by atoms with Crippen LogP contribution in [0.15, 0.2) is 0 Å². The fraction of sp³-hybridized carbons (Fsp3) is 0.769. The zero-order valence-corrected chi connectivity index (χ0v) is 13.0. The first-order valence-electron chi connectivity index (χ1n) is 6.49. The van der Waals surface area contributed by atoms with Crippen LogP contribution in [0.3, 0.4) is 0 Å². The van der Waals surface area contributed by atoms with E-state index in [1.165, 1.54) is 11.5 Å². The van der Waals surface area contributed by atoms with Crippen molar-refractivity contribution < 1.29 is 9.90 Å². The molecule has 0 aliphatic heterocycles. The van der Waals surface area contributed by atoms with Crippen LogP contribution in [0.2, 0.25) is 0 Å². The normalized spacial score (nSPS) is 13.6. The van der Waals surface area contributed by atoms with Crippen molar-refractivity contribution >= 4 is 22.6 Å². The Morgan fingerprint density at radius 2 is 2.05 bits per heavy atom. The van der Waals surface area contributed by atoms with Gasteiger partial charge in [0.15, 0.2) is 0 Å². The SMILES string of the molecule is CC(C)c1nsc(NCC(CC(C)(C)C)C(=O)O)n1. The van der Waals surface area contributed by atoms with Gasteiger partial charge in [0.25, 0.3) is 0 Å². The first-order valence-corrected chi connectivity index (χ1v) is 7.26. The summed E-state index contributed by atoms with van der Waals surface area (Å²) in [4.78, 5) is 15.6. The lowest BCUT2D eigenvalue weighted by Gasteiger charge is -2.23. The van der Waals surface area contributed by atoms with Crippen molar-refractivity contribution in [1.82, 2.24) is 9.36 Å². The van der Waals surface area contributed by atoms with Gasteiger partial charge in [-0.25, -0.2) is 4.98 Å². The van der Waals surface area contributed by atoms with E-state index in [-0.39, 0.29) is 11.3 Å². The van der Waals surface area contributed by atoms with E-state index in [9.17, 15) is 9.90 Å². The molecule has 0 radical (unpaired) electrons. The van der Waals surface area contributed by atoms with Crippen LogP contribution in [-0.2, 0) is 4.79 Å². The Morgan fingerprint density at radius 1 is 1.42 bits per heavy atom. The lowest BCUT2D eigenvalue weighted by molar-refractivity contribution is -0.142. The number of carbonyl (C=O) groups is 1. The van der Waals surface area contributed by atoms with E-state index in [0.29, 0.717) is 18.1 Å². The molecule has 0 aliphatic rings. The third kappa shape index (κ3) is 5.55. The van der Waals surface area contributed by atoms with Crippen LogP contribution in [-0.4, -0.2) is 27.0 Å². The molecule has 0 saturated heterocycles. The monoisotopic (exact) mass is 285 g/mol. The molecule has 108 valence electrons. The summed E-state index contributed by atoms with van der Waals surface area (Å²) in [7, 11) is 0. The number of nitrogens with zero attached hydrogens (tertiary/aromatic N) is 2. The molecule has 0 saturated carbocycles. The first-order chi connectivity index (χ1) is 8.69. The Kier molecular flexibility index (Phi) is 5.29. The number of anilines is 1. The molecular formula is C13H23N3O2S. The summed E-state index contributed by atoms with van der Waals surface area (Å²) in [5.74, 6) is -0.0886. The minimum atomic E-state index is -0.768. The summed E-state index contributed by atoms with van der Waals surface area (Å²) in [6.45, 7) is 10.6. The highest BCUT2D eigenvalue weighted by atomic mass is 32.1. The maximum absolute atomic E-state index is 11.2. The summed E-state index contributed by atoms with van der Waals surface area (Å²) in [6.07, 6.45) is 0.630. The number of nitrogens with one attached hydrogen (secondary N) is 1. The van der Waals surface area contributed by atoms with Crippen LogP contribution in [0.5, 0.6) is 0 Å². The second-order valence-corrected chi connectivity index (χ2v) is 7.05. The van der Waals surface area contributed by atoms with E-state index < -0.39 is 11.9 Å². The molecule has 19 heavy (non-hydrogen) atoms. The molecule has 1 rings (SSSR count). The highest BCUT2D eigenvalue weighted by Crippen LogP contribution is 2.25. The van der Waals surface area contributed by atoms with Gasteiger partial charge in [0.05, 0.1) is 5.92 Å². The zero-order valence-electron chi connectivity index (χ0n) is 12.2. The number of hydrogen-bond donors (Lipinski definition) is 2. The average Bonchev–Trinajstić information content (AvgIpc) is 2.71. The Labute approximate surface area is 118 Å². The third-order valence-electron chi connectivity index (χ3n) is 2.67. The van der Waals surface area contributed by atoms with Gasteiger partial charge in [-0.05, 0) is 11.8 Å². The summed E-state index contributed by atoms with van der Waals surface area (Å²) in [5.41, 5.74) is -0.00500. The van der Waals surface area contributed by atoms with Gasteiger partial charge in [-0.2, -0.15) is 4.37 Å². The number of aliphatic carboxylic acids is 1. The molecule has 5 nitrogen and oxygen atoms in total. The molecule has 2 N–H and O–H groups in total. The van der Waals surface area contributed by atoms with Gasteiger partial charge in [-0.15, -0.1) is 0 Å². The molecular weight excluding hydrogens is 262 g/mol. The smallest absolute Gasteiger partial charge is 0.308 e. The van der Waals surface area contributed by atoms with Crippen molar-refractivity contribution in [3.8, 4) is 0 Å². The van der Waals surface area contributed by atoms with Gasteiger partial charge in [0.1, 0.15) is 5.82 Å². The van der Waals surface area contributed by atoms with Crippen molar-refractivity contribution in [3.63, 3.8) is 0 Å². The topological polar surface area (TPSA) is 75.1 Å². The van der Waals surface area contributed by atoms with E-state index in [1.807, 2.05) is 34.6 Å². The van der Waals surface area contributed by atoms with Crippen LogP contribution in [0.4, 0.5) is 5.13 Å². The second-order valence-electron chi connectivity index (χ2n) is 6.29. The van der Waals surface area contributed by atoms with Crippen LogP contribution >= 0.6 is 11.5 Å². The van der Waals surface area contributed by atoms with Crippen LogP contribution in [0.25, 0.3) is 0 Å². The number of rotatable bonds is 6. The van der Waals surface area contributed by atoms with Gasteiger partial charge >= 0.3 is 5.97 Å². The second kappa shape index (κ2) is 6.32. The Hall–Kier alpha value is -1.17. The van der Waals surface area contributed by atoms with E-state index in [2.05, 4.69) is 14.7 Å². The zero-order chi connectivity index (χ0) is 14.6. The standard InChI is InChI=1S/C13H23N3O2S/c1-8(2)10-15-12(19-16-10)14-7-9(11(17)18)6-13(3,4)5/h8-9H,6-7H2,1-5H3,(H,17,18)(H,14,15,16). The summed E-state index contributed by atoms with van der Waals surface area (Å²) in [6, 6.07) is 0. The lowest BCUT2D eigenvalue weighted by atomic mass is 9.84.